The van der Waals surface area contributed by atoms with Crippen molar-refractivity contribution in [2.45, 2.75) is 32.2 Å². The van der Waals surface area contributed by atoms with Gasteiger partial charge in [-0.3, -0.25) is 0 Å². The molecule has 2 unspecified atom stereocenters. The van der Waals surface area contributed by atoms with Crippen LogP contribution >= 0.6 is 12.2 Å². The quantitative estimate of drug-likeness (QED) is 0.559. The second-order valence-electron chi connectivity index (χ2n) is 3.02. The lowest BCUT2D eigenvalue weighted by atomic mass is 10.1. The van der Waals surface area contributed by atoms with Gasteiger partial charge in [0.15, 0.2) is 5.11 Å². The Morgan fingerprint density at radius 1 is 1.60 bits per heavy atom. The molecule has 1 aliphatic rings. The molecule has 1 rings (SSSR count). The number of hydrogen-bond donors (Lipinski definition) is 2. The van der Waals surface area contributed by atoms with Crippen LogP contribution in [0.5, 0.6) is 0 Å². The third kappa shape index (κ3) is 1.84. The van der Waals surface area contributed by atoms with Crippen molar-refractivity contribution in [1.82, 2.24) is 5.32 Å². The standard InChI is InChI=1S/C7H14N2S/c1-5-3-2-4-6(5)9-7(8)10/h5-6H,2-4H2,1H3,(H3,8,9,10). The van der Waals surface area contributed by atoms with E-state index in [0.29, 0.717) is 11.2 Å². The normalized spacial score (nSPS) is 32.1. The van der Waals surface area contributed by atoms with Gasteiger partial charge in [0.25, 0.3) is 0 Å². The third-order valence-electron chi connectivity index (χ3n) is 2.19. The van der Waals surface area contributed by atoms with Crippen molar-refractivity contribution in [2.75, 3.05) is 0 Å². The summed E-state index contributed by atoms with van der Waals surface area (Å²) in [5.41, 5.74) is 5.35. The van der Waals surface area contributed by atoms with E-state index in [1.54, 1.807) is 0 Å². The molecule has 1 saturated carbocycles. The summed E-state index contributed by atoms with van der Waals surface area (Å²) in [5, 5.41) is 3.54. The molecule has 0 bridgehead atoms. The highest BCUT2D eigenvalue weighted by Crippen LogP contribution is 2.24. The summed E-state index contributed by atoms with van der Waals surface area (Å²) in [6.07, 6.45) is 3.83. The Morgan fingerprint density at radius 2 is 2.30 bits per heavy atom. The highest BCUT2D eigenvalue weighted by Gasteiger charge is 2.22. The van der Waals surface area contributed by atoms with E-state index in [-0.39, 0.29) is 0 Å². The Kier molecular flexibility index (Phi) is 2.49. The van der Waals surface area contributed by atoms with E-state index in [1.807, 2.05) is 0 Å². The average Bonchev–Trinajstić information content (AvgIpc) is 2.15. The van der Waals surface area contributed by atoms with E-state index in [9.17, 15) is 0 Å². The van der Waals surface area contributed by atoms with Crippen molar-refractivity contribution in [2.24, 2.45) is 11.7 Å². The lowest BCUT2D eigenvalue weighted by Gasteiger charge is -2.16. The Morgan fingerprint density at radius 3 is 2.70 bits per heavy atom. The molecule has 0 amide bonds. The van der Waals surface area contributed by atoms with Gasteiger partial charge in [0.05, 0.1) is 0 Å². The molecule has 0 aliphatic heterocycles. The zero-order valence-corrected chi connectivity index (χ0v) is 7.08. The van der Waals surface area contributed by atoms with Gasteiger partial charge in [-0.2, -0.15) is 0 Å². The number of rotatable bonds is 1. The Balaban J connectivity index is 2.33. The maximum atomic E-state index is 5.35. The molecule has 0 aromatic heterocycles. The van der Waals surface area contributed by atoms with Gasteiger partial charge in [0.1, 0.15) is 0 Å². The molecule has 3 N–H and O–H groups in total. The summed E-state index contributed by atoms with van der Waals surface area (Å²) in [4.78, 5) is 0. The minimum Gasteiger partial charge on any atom is -0.376 e. The first-order valence-electron chi connectivity index (χ1n) is 3.76. The number of nitrogens with one attached hydrogen (secondary N) is 1. The van der Waals surface area contributed by atoms with Crippen LogP contribution in [0.2, 0.25) is 0 Å². The largest absolute Gasteiger partial charge is 0.376 e. The van der Waals surface area contributed by atoms with Gasteiger partial charge in [-0.15, -0.1) is 0 Å². The first-order chi connectivity index (χ1) is 4.70. The minimum atomic E-state index is 0.443. The fourth-order valence-electron chi connectivity index (χ4n) is 1.54. The molecule has 0 aromatic carbocycles. The topological polar surface area (TPSA) is 38.0 Å². The maximum Gasteiger partial charge on any atom is 0.163 e. The van der Waals surface area contributed by atoms with Crippen LogP contribution in [0.3, 0.4) is 0 Å². The lowest BCUT2D eigenvalue weighted by Crippen LogP contribution is -2.39. The number of hydrogen-bond acceptors (Lipinski definition) is 1. The molecule has 0 aromatic rings. The second-order valence-corrected chi connectivity index (χ2v) is 3.46. The van der Waals surface area contributed by atoms with E-state index in [0.717, 1.165) is 5.92 Å². The fourth-order valence-corrected chi connectivity index (χ4v) is 1.69. The molecule has 10 heavy (non-hydrogen) atoms. The molecule has 0 saturated heterocycles. The summed E-state index contributed by atoms with van der Waals surface area (Å²) >= 11 is 4.75. The number of nitrogens with two attached hydrogens (primary N) is 1. The average molecular weight is 158 g/mol. The van der Waals surface area contributed by atoms with Gasteiger partial charge >= 0.3 is 0 Å². The van der Waals surface area contributed by atoms with E-state index in [1.165, 1.54) is 19.3 Å². The van der Waals surface area contributed by atoms with Crippen molar-refractivity contribution in [1.29, 1.82) is 0 Å². The summed E-state index contributed by atoms with van der Waals surface area (Å²) in [5.74, 6) is 0.737. The predicted molar refractivity (Wildman–Crippen MR) is 46.7 cm³/mol. The minimum absolute atomic E-state index is 0.443. The van der Waals surface area contributed by atoms with Crippen LogP contribution < -0.4 is 11.1 Å². The van der Waals surface area contributed by atoms with Crippen molar-refractivity contribution >= 4 is 17.3 Å². The molecular formula is C7H14N2S. The molecule has 3 heteroatoms. The van der Waals surface area contributed by atoms with Gasteiger partial charge in [-0.25, -0.2) is 0 Å². The van der Waals surface area contributed by atoms with E-state index >= 15 is 0 Å². The summed E-state index contributed by atoms with van der Waals surface area (Å²) < 4.78 is 0. The molecule has 58 valence electrons. The van der Waals surface area contributed by atoms with E-state index < -0.39 is 0 Å². The molecule has 2 atom stereocenters. The molecule has 0 heterocycles. The van der Waals surface area contributed by atoms with Crippen LogP contribution in [0, 0.1) is 5.92 Å². The highest BCUT2D eigenvalue weighted by molar-refractivity contribution is 7.80. The van der Waals surface area contributed by atoms with Crippen LogP contribution in [0.1, 0.15) is 26.2 Å². The van der Waals surface area contributed by atoms with Crippen molar-refractivity contribution in [3.8, 4) is 0 Å². The maximum absolute atomic E-state index is 5.35. The first kappa shape index (κ1) is 7.79. The second kappa shape index (κ2) is 3.19. The predicted octanol–water partition coefficient (Wildman–Crippen LogP) is 1.01. The van der Waals surface area contributed by atoms with Gasteiger partial charge in [-0.05, 0) is 31.0 Å². The monoisotopic (exact) mass is 158 g/mol. The summed E-state index contributed by atoms with van der Waals surface area (Å²) in [6.45, 7) is 2.24. The Labute approximate surface area is 67.2 Å². The van der Waals surface area contributed by atoms with Crippen molar-refractivity contribution < 1.29 is 0 Å². The van der Waals surface area contributed by atoms with Crippen molar-refractivity contribution in [3.63, 3.8) is 0 Å². The molecule has 1 fully saturated rings. The zero-order valence-electron chi connectivity index (χ0n) is 6.26. The highest BCUT2D eigenvalue weighted by atomic mass is 32.1. The van der Waals surface area contributed by atoms with E-state index in [4.69, 9.17) is 18.0 Å². The number of thiocarbonyl (C=S) groups is 1. The molecule has 1 aliphatic carbocycles. The fraction of sp³-hybridized carbons (Fsp3) is 0.857. The van der Waals surface area contributed by atoms with Gasteiger partial charge in [0.2, 0.25) is 0 Å². The smallest absolute Gasteiger partial charge is 0.163 e. The third-order valence-corrected chi connectivity index (χ3v) is 2.31. The molecule has 2 nitrogen and oxygen atoms in total. The van der Waals surface area contributed by atoms with Crippen LogP contribution in [-0.4, -0.2) is 11.2 Å². The van der Waals surface area contributed by atoms with Gasteiger partial charge < -0.3 is 11.1 Å². The first-order valence-corrected chi connectivity index (χ1v) is 4.17. The van der Waals surface area contributed by atoms with Gasteiger partial charge in [-0.1, -0.05) is 13.3 Å². The summed E-state index contributed by atoms with van der Waals surface area (Å²) in [7, 11) is 0. The van der Waals surface area contributed by atoms with Gasteiger partial charge in [0, 0.05) is 6.04 Å². The Hall–Kier alpha value is -0.310. The van der Waals surface area contributed by atoms with Crippen LogP contribution in [0.15, 0.2) is 0 Å². The molecular weight excluding hydrogens is 144 g/mol. The summed E-state index contributed by atoms with van der Waals surface area (Å²) in [6, 6.07) is 0.539. The SMILES string of the molecule is CC1CCCC1NC(N)=S. The van der Waals surface area contributed by atoms with Crippen LogP contribution in [0.4, 0.5) is 0 Å². The van der Waals surface area contributed by atoms with E-state index in [2.05, 4.69) is 12.2 Å². The lowest BCUT2D eigenvalue weighted by molar-refractivity contribution is 0.488. The van der Waals surface area contributed by atoms with Crippen LogP contribution in [0.25, 0.3) is 0 Å². The Bertz CT molecular complexity index is 136. The molecule has 0 radical (unpaired) electrons. The molecule has 0 spiro atoms. The van der Waals surface area contributed by atoms with Crippen LogP contribution in [-0.2, 0) is 0 Å². The van der Waals surface area contributed by atoms with Crippen molar-refractivity contribution in [3.05, 3.63) is 0 Å². The zero-order chi connectivity index (χ0) is 7.56.